The minimum atomic E-state index is -0.799. The first-order valence-electron chi connectivity index (χ1n) is 9.37. The summed E-state index contributed by atoms with van der Waals surface area (Å²) in [5, 5.41) is 29.3. The number of nitrogens with two attached hydrogens (primary N) is 1. The van der Waals surface area contributed by atoms with Crippen molar-refractivity contribution in [3.63, 3.8) is 0 Å². The zero-order chi connectivity index (χ0) is 20.5. The molecule has 0 aliphatic carbocycles. The van der Waals surface area contributed by atoms with Crippen LogP contribution in [0, 0.1) is 18.3 Å². The van der Waals surface area contributed by atoms with Crippen LogP contribution in [-0.2, 0) is 11.2 Å². The number of aliphatic carboxylic acids is 1. The van der Waals surface area contributed by atoms with E-state index in [1.165, 1.54) is 5.56 Å². The Morgan fingerprint density at radius 3 is 2.79 bits per heavy atom. The van der Waals surface area contributed by atoms with Gasteiger partial charge in [0.05, 0.1) is 5.92 Å². The number of nitrogens with zero attached hydrogens (tertiary/aromatic N) is 5. The van der Waals surface area contributed by atoms with Gasteiger partial charge in [0.2, 0.25) is 0 Å². The van der Waals surface area contributed by atoms with Crippen LogP contribution in [0.1, 0.15) is 49.2 Å². The molecule has 5 N–H and O–H groups in total. The average molecular weight is 388 g/mol. The molecule has 0 bridgehead atoms. The van der Waals surface area contributed by atoms with Crippen LogP contribution in [0.3, 0.4) is 0 Å². The Morgan fingerprint density at radius 1 is 1.50 bits per heavy atom. The van der Waals surface area contributed by atoms with Crippen LogP contribution in [0.25, 0.3) is 0 Å². The molecule has 2 aromatic heterocycles. The Hall–Kier alpha value is -3.04. The van der Waals surface area contributed by atoms with Gasteiger partial charge < -0.3 is 15.7 Å². The number of H-pyrrole nitrogens is 1. The Balaban J connectivity index is 0.000000203. The lowest BCUT2D eigenvalue weighted by Crippen LogP contribution is -2.34. The van der Waals surface area contributed by atoms with Gasteiger partial charge in [0.1, 0.15) is 0 Å². The van der Waals surface area contributed by atoms with E-state index < -0.39 is 11.9 Å². The number of carboxylic acid groups (broad SMARTS) is 1. The van der Waals surface area contributed by atoms with Crippen molar-refractivity contribution in [1.82, 2.24) is 30.5 Å². The minimum Gasteiger partial charge on any atom is -0.481 e. The summed E-state index contributed by atoms with van der Waals surface area (Å²) in [7, 11) is 0. The molecule has 10 nitrogen and oxygen atoms in total. The topological polar surface area (TPSA) is 158 Å². The highest BCUT2D eigenvalue weighted by molar-refractivity contribution is 5.75. The highest BCUT2D eigenvalue weighted by Crippen LogP contribution is 2.25. The number of hydrogen-bond acceptors (Lipinski definition) is 6. The Morgan fingerprint density at radius 2 is 2.29 bits per heavy atom. The summed E-state index contributed by atoms with van der Waals surface area (Å²) in [4.78, 5) is 17.0. The smallest absolute Gasteiger partial charge is 0.306 e. The Bertz CT molecular complexity index is 747. The molecule has 0 radical (unpaired) electrons. The molecular formula is C18H28N8O2. The van der Waals surface area contributed by atoms with E-state index in [4.69, 9.17) is 16.2 Å². The molecule has 0 aromatic carbocycles. The van der Waals surface area contributed by atoms with Crippen molar-refractivity contribution in [3.8, 4) is 0 Å². The number of carboxylic acids is 1. The van der Waals surface area contributed by atoms with Crippen molar-refractivity contribution in [2.45, 2.75) is 45.4 Å². The number of aryl methyl sites for hydroxylation is 1. The van der Waals surface area contributed by atoms with Gasteiger partial charge in [0.25, 0.3) is 0 Å². The SMILES string of the molecule is CCC[C@@H](Cc1nn[nH]n1)C(=O)O.Cc1ccc(C2CCN(C(=N)N)C2)nc1. The van der Waals surface area contributed by atoms with Crippen molar-refractivity contribution < 1.29 is 9.90 Å². The number of nitrogens with one attached hydrogen (secondary N) is 2. The van der Waals surface area contributed by atoms with Crippen LogP contribution in [-0.4, -0.2) is 60.6 Å². The van der Waals surface area contributed by atoms with Gasteiger partial charge in [-0.15, -0.1) is 10.2 Å². The number of rotatable bonds is 6. The molecule has 2 aromatic rings. The third-order valence-electron chi connectivity index (χ3n) is 4.69. The van der Waals surface area contributed by atoms with Crippen molar-refractivity contribution in [1.29, 1.82) is 5.41 Å². The fourth-order valence-electron chi connectivity index (χ4n) is 3.09. The molecular weight excluding hydrogens is 360 g/mol. The Labute approximate surface area is 164 Å². The fourth-order valence-corrected chi connectivity index (χ4v) is 3.09. The van der Waals surface area contributed by atoms with Gasteiger partial charge in [0.15, 0.2) is 11.8 Å². The number of tetrazole rings is 1. The molecule has 2 atom stereocenters. The number of likely N-dealkylation sites (tertiary alicyclic amines) is 1. The molecule has 1 aliphatic heterocycles. The second-order valence-corrected chi connectivity index (χ2v) is 6.93. The van der Waals surface area contributed by atoms with Crippen LogP contribution < -0.4 is 5.73 Å². The summed E-state index contributed by atoms with van der Waals surface area (Å²) in [6, 6.07) is 4.16. The molecule has 3 heterocycles. The van der Waals surface area contributed by atoms with Gasteiger partial charge in [0, 0.05) is 37.3 Å². The second kappa shape index (κ2) is 10.3. The number of guanidine groups is 1. The zero-order valence-corrected chi connectivity index (χ0v) is 16.3. The maximum Gasteiger partial charge on any atom is 0.306 e. The number of pyridine rings is 1. The summed E-state index contributed by atoms with van der Waals surface area (Å²) >= 11 is 0. The molecule has 152 valence electrons. The summed E-state index contributed by atoms with van der Waals surface area (Å²) in [6.07, 6.45) is 4.76. The largest absolute Gasteiger partial charge is 0.481 e. The number of aromatic nitrogens is 5. The van der Waals surface area contributed by atoms with Crippen LogP contribution in [0.15, 0.2) is 18.3 Å². The fraction of sp³-hybridized carbons (Fsp3) is 0.556. The van der Waals surface area contributed by atoms with Crippen molar-refractivity contribution >= 4 is 11.9 Å². The monoisotopic (exact) mass is 388 g/mol. The summed E-state index contributed by atoms with van der Waals surface area (Å²) in [6.45, 7) is 5.68. The normalized spacial score (nSPS) is 16.9. The minimum absolute atomic E-state index is 0.171. The van der Waals surface area contributed by atoms with Gasteiger partial charge in [-0.2, -0.15) is 5.21 Å². The van der Waals surface area contributed by atoms with Crippen molar-refractivity contribution in [2.75, 3.05) is 13.1 Å². The van der Waals surface area contributed by atoms with Crippen LogP contribution >= 0.6 is 0 Å². The molecule has 1 saturated heterocycles. The summed E-state index contributed by atoms with van der Waals surface area (Å²) in [5.41, 5.74) is 7.75. The van der Waals surface area contributed by atoms with Gasteiger partial charge >= 0.3 is 5.97 Å². The molecule has 28 heavy (non-hydrogen) atoms. The van der Waals surface area contributed by atoms with Gasteiger partial charge in [-0.25, -0.2) is 0 Å². The summed E-state index contributed by atoms with van der Waals surface area (Å²) < 4.78 is 0. The van der Waals surface area contributed by atoms with E-state index in [0.717, 1.165) is 31.6 Å². The number of aromatic amines is 1. The summed E-state index contributed by atoms with van der Waals surface area (Å²) in [5.74, 6) is -0.144. The maximum absolute atomic E-state index is 10.7. The van der Waals surface area contributed by atoms with E-state index >= 15 is 0 Å². The van der Waals surface area contributed by atoms with Crippen LogP contribution in [0.2, 0.25) is 0 Å². The molecule has 3 rings (SSSR count). The zero-order valence-electron chi connectivity index (χ0n) is 16.3. The quantitative estimate of drug-likeness (QED) is 0.426. The lowest BCUT2D eigenvalue weighted by atomic mass is 10.00. The predicted octanol–water partition coefficient (Wildman–Crippen LogP) is 1.32. The first kappa shape index (κ1) is 21.3. The molecule has 10 heteroatoms. The van der Waals surface area contributed by atoms with E-state index in [9.17, 15) is 4.79 Å². The maximum atomic E-state index is 10.7. The van der Waals surface area contributed by atoms with E-state index in [-0.39, 0.29) is 5.96 Å². The second-order valence-electron chi connectivity index (χ2n) is 6.93. The van der Waals surface area contributed by atoms with E-state index in [1.807, 2.05) is 24.9 Å². The number of carbonyl (C=O) groups is 1. The van der Waals surface area contributed by atoms with E-state index in [1.54, 1.807) is 0 Å². The number of hydrogen-bond donors (Lipinski definition) is 4. The van der Waals surface area contributed by atoms with Crippen LogP contribution in [0.4, 0.5) is 0 Å². The van der Waals surface area contributed by atoms with E-state index in [0.29, 0.717) is 24.6 Å². The standard InChI is InChI=1S/C11H16N4.C7H12N4O2/c1-8-2-3-10(14-6-8)9-4-5-15(7-9)11(12)13;1-2-3-5(7(12)13)4-6-8-10-11-9-6/h2-3,6,9H,4-5,7H2,1H3,(H3,12,13);5H,2-4H2,1H3,(H,12,13)(H,8,9,10,11)/t;5-/m.0/s1. The average Bonchev–Trinajstić information content (AvgIpc) is 3.34. The first-order valence-corrected chi connectivity index (χ1v) is 9.37. The molecule has 0 spiro atoms. The lowest BCUT2D eigenvalue weighted by Gasteiger charge is -2.15. The Kier molecular flexibility index (Phi) is 7.85. The molecule has 0 amide bonds. The predicted molar refractivity (Wildman–Crippen MR) is 104 cm³/mol. The molecule has 0 saturated carbocycles. The van der Waals surface area contributed by atoms with Gasteiger partial charge in [-0.05, 0) is 31.4 Å². The van der Waals surface area contributed by atoms with Gasteiger partial charge in [-0.3, -0.25) is 15.2 Å². The van der Waals surface area contributed by atoms with Crippen molar-refractivity contribution in [2.24, 2.45) is 11.7 Å². The highest BCUT2D eigenvalue weighted by atomic mass is 16.4. The van der Waals surface area contributed by atoms with Gasteiger partial charge in [-0.1, -0.05) is 24.6 Å². The molecule has 1 fully saturated rings. The highest BCUT2D eigenvalue weighted by Gasteiger charge is 2.25. The molecule has 1 unspecified atom stereocenters. The third-order valence-corrected chi connectivity index (χ3v) is 4.69. The van der Waals surface area contributed by atoms with E-state index in [2.05, 4.69) is 37.7 Å². The van der Waals surface area contributed by atoms with Crippen molar-refractivity contribution in [3.05, 3.63) is 35.4 Å². The third kappa shape index (κ3) is 6.29. The van der Waals surface area contributed by atoms with Crippen LogP contribution in [0.5, 0.6) is 0 Å². The first-order chi connectivity index (χ1) is 13.4. The molecule has 1 aliphatic rings. The lowest BCUT2D eigenvalue weighted by molar-refractivity contribution is -0.142.